The molecule has 15 heteroatoms. The molecule has 4 atom stereocenters. The van der Waals surface area contributed by atoms with Crippen molar-refractivity contribution in [2.75, 3.05) is 39.4 Å². The van der Waals surface area contributed by atoms with Crippen LogP contribution in [0.2, 0.25) is 0 Å². The number of nitrogens with two attached hydrogens (primary N) is 1. The summed E-state index contributed by atoms with van der Waals surface area (Å²) in [5.41, 5.74) is 2.37. The smallest absolute Gasteiger partial charge is 0.351 e. The molecule has 6 N–H and O–H groups in total. The number of nitrogens with one attached hydrogen (secondary N) is 1. The van der Waals surface area contributed by atoms with E-state index in [1.165, 1.54) is 37.9 Å². The van der Waals surface area contributed by atoms with Crippen LogP contribution in [0.15, 0.2) is 17.1 Å². The van der Waals surface area contributed by atoms with E-state index < -0.39 is 42.5 Å². The van der Waals surface area contributed by atoms with Gasteiger partial charge in [-0.25, -0.2) is 4.79 Å². The van der Waals surface area contributed by atoms with Gasteiger partial charge in [0.05, 0.1) is 12.4 Å². The van der Waals surface area contributed by atoms with E-state index in [1.807, 2.05) is 0 Å². The molecule has 0 bridgehead atoms. The Morgan fingerprint density at radius 3 is 2.52 bits per heavy atom. The van der Waals surface area contributed by atoms with Crippen LogP contribution in [0.5, 0.6) is 0 Å². The highest BCUT2D eigenvalue weighted by Crippen LogP contribution is 2.59. The summed E-state index contributed by atoms with van der Waals surface area (Å²) in [5, 5.41) is 30.6. The first-order chi connectivity index (χ1) is 13.6. The molecule has 0 aliphatic carbocycles. The Kier molecular flexibility index (Phi) is 10.7. The highest BCUT2D eigenvalue weighted by atomic mass is 32.9. The largest absolute Gasteiger partial charge is 0.394 e. The third-order valence-electron chi connectivity index (χ3n) is 3.72. The van der Waals surface area contributed by atoms with Crippen LogP contribution in [-0.2, 0) is 30.4 Å². The van der Waals surface area contributed by atoms with Crippen molar-refractivity contribution in [1.29, 1.82) is 0 Å². The summed E-state index contributed by atoms with van der Waals surface area (Å²) < 4.78 is 16.1. The fraction of sp³-hybridized carbons (Fsp3) is 0.643. The lowest BCUT2D eigenvalue weighted by molar-refractivity contribution is -0.118. The molecule has 0 unspecified atom stereocenters. The van der Waals surface area contributed by atoms with Gasteiger partial charge in [-0.05, 0) is 17.9 Å². The van der Waals surface area contributed by atoms with Gasteiger partial charge in [-0.1, -0.05) is 11.4 Å². The Morgan fingerprint density at radius 2 is 2.07 bits per heavy atom. The van der Waals surface area contributed by atoms with Crippen molar-refractivity contribution in [2.45, 2.75) is 24.5 Å². The van der Waals surface area contributed by atoms with Gasteiger partial charge in [-0.3, -0.25) is 9.36 Å². The van der Waals surface area contributed by atoms with Gasteiger partial charge in [0.15, 0.2) is 6.23 Å². The van der Waals surface area contributed by atoms with Gasteiger partial charge in [-0.15, -0.1) is 0 Å². The van der Waals surface area contributed by atoms with E-state index >= 15 is 0 Å². The molecule has 1 saturated heterocycles. The lowest BCUT2D eigenvalue weighted by atomic mass is 10.1. The highest BCUT2D eigenvalue weighted by Gasteiger charge is 2.43. The average molecular weight is 472 g/mol. The molecule has 1 aliphatic heterocycles. The summed E-state index contributed by atoms with van der Waals surface area (Å²) >= 11 is 6.25. The van der Waals surface area contributed by atoms with Gasteiger partial charge in [0, 0.05) is 27.5 Å². The first kappa shape index (κ1) is 25.9. The van der Waals surface area contributed by atoms with E-state index in [2.05, 4.69) is 10.3 Å². The van der Waals surface area contributed by atoms with Crippen LogP contribution in [0, 0.1) is 0 Å². The number of carbonyl (C=O) groups is 1. The maximum atomic E-state index is 11.5. The van der Waals surface area contributed by atoms with Crippen molar-refractivity contribution >= 4 is 40.6 Å². The third-order valence-corrected chi connectivity index (χ3v) is 9.40. The zero-order chi connectivity index (χ0) is 22.2. The highest BCUT2D eigenvalue weighted by molar-refractivity contribution is 8.68. The van der Waals surface area contributed by atoms with Crippen LogP contribution in [0.3, 0.4) is 0 Å². The molecule has 1 fully saturated rings. The Balaban J connectivity index is 0.000000311. The third kappa shape index (κ3) is 7.27. The second-order valence-electron chi connectivity index (χ2n) is 5.53. The summed E-state index contributed by atoms with van der Waals surface area (Å²) in [6.07, 6.45) is -3.27. The number of aliphatic hydroxyl groups is 3. The first-order valence-corrected chi connectivity index (χ1v) is 12.4. The number of nitrogens with zero attached hydrogens (tertiary/aromatic N) is 2. The maximum Gasteiger partial charge on any atom is 0.351 e. The minimum atomic E-state index is -2.26. The molecular weight excluding hydrogens is 447 g/mol. The first-order valence-electron chi connectivity index (χ1n) is 8.16. The van der Waals surface area contributed by atoms with E-state index in [1.54, 1.807) is 7.05 Å². The molecule has 2 rings (SSSR count). The zero-order valence-electron chi connectivity index (χ0n) is 16.0. The second-order valence-corrected chi connectivity index (χ2v) is 12.1. The molecule has 1 aliphatic rings. The fourth-order valence-electron chi connectivity index (χ4n) is 2.12. The molecule has 0 spiro atoms. The number of anilines is 1. The monoisotopic (exact) mass is 472 g/mol. The molecular formula is C14H25N4O8PS2. The van der Waals surface area contributed by atoms with Crippen molar-refractivity contribution in [3.8, 4) is 0 Å². The number of aliphatic hydroxyl groups excluding tert-OH is 3. The van der Waals surface area contributed by atoms with Crippen LogP contribution < -0.4 is 16.7 Å². The van der Waals surface area contributed by atoms with E-state index in [4.69, 9.17) is 36.4 Å². The summed E-state index contributed by atoms with van der Waals surface area (Å²) in [5.74, 6) is 0.247. The van der Waals surface area contributed by atoms with Crippen molar-refractivity contribution in [3.05, 3.63) is 22.7 Å². The standard InChI is InChI=1S/C9H13N3O5.C5H12NO3PS2/c10-5-1-2-12(9(16)11-5)8-7(15)6(14)4(3-13)17-8;1-6-5(7)4-12-10(11,8-2)9-3/h1-2,4,6-8,13-15H,3H2,(H2,10,11,16);4H2,1-3H3,(H,6,7)/t4-,6-,7+,8-;/m1./s1. The van der Waals surface area contributed by atoms with Crippen LogP contribution in [0.1, 0.15) is 6.23 Å². The van der Waals surface area contributed by atoms with Gasteiger partial charge >= 0.3 is 5.69 Å². The quantitative estimate of drug-likeness (QED) is 0.288. The van der Waals surface area contributed by atoms with E-state index in [0.29, 0.717) is 0 Å². The van der Waals surface area contributed by atoms with Gasteiger partial charge in [0.2, 0.25) is 11.6 Å². The Morgan fingerprint density at radius 1 is 1.45 bits per heavy atom. The molecule has 12 nitrogen and oxygen atoms in total. The molecule has 166 valence electrons. The predicted octanol–water partition coefficient (Wildman–Crippen LogP) is -1.58. The molecule has 2 heterocycles. The topological polar surface area (TPSA) is 178 Å². The normalized spacial score (nSPS) is 23.9. The number of hydrogen-bond donors (Lipinski definition) is 5. The number of aromatic nitrogens is 2. The van der Waals surface area contributed by atoms with Gasteiger partial charge in [0.25, 0.3) is 0 Å². The zero-order valence-corrected chi connectivity index (χ0v) is 18.5. The average Bonchev–Trinajstić information content (AvgIpc) is 3.00. The lowest BCUT2D eigenvalue weighted by Crippen LogP contribution is -2.36. The van der Waals surface area contributed by atoms with Gasteiger partial charge < -0.3 is 40.2 Å². The number of carbonyl (C=O) groups excluding carboxylic acids is 1. The van der Waals surface area contributed by atoms with Crippen molar-refractivity contribution < 1.29 is 33.9 Å². The van der Waals surface area contributed by atoms with E-state index in [-0.39, 0.29) is 17.5 Å². The summed E-state index contributed by atoms with van der Waals surface area (Å²) in [6.45, 7) is -0.453. The molecule has 0 radical (unpaired) electrons. The predicted molar refractivity (Wildman–Crippen MR) is 111 cm³/mol. The van der Waals surface area contributed by atoms with Crippen LogP contribution in [0.4, 0.5) is 5.82 Å². The molecule has 1 aromatic heterocycles. The Hall–Kier alpha value is -1.09. The number of hydrogen-bond acceptors (Lipinski definition) is 12. The van der Waals surface area contributed by atoms with Crippen molar-refractivity contribution in [2.24, 2.45) is 0 Å². The number of ether oxygens (including phenoxy) is 1. The minimum Gasteiger partial charge on any atom is -0.394 e. The lowest BCUT2D eigenvalue weighted by Gasteiger charge is -2.16. The fourth-order valence-corrected chi connectivity index (χ4v) is 4.83. The Bertz CT molecular complexity index is 774. The summed E-state index contributed by atoms with van der Waals surface area (Å²) in [6, 6.07) is 1.37. The van der Waals surface area contributed by atoms with Crippen molar-refractivity contribution in [1.82, 2.24) is 14.9 Å². The molecule has 1 aromatic rings. The SMILES string of the molecule is CNC(=O)CSP(=S)(OC)OC.Nc1ccn([C@@H]2O[C@H](CO)[C@@H](O)[C@@H]2O)c(=O)n1. The molecule has 29 heavy (non-hydrogen) atoms. The maximum absolute atomic E-state index is 11.5. The molecule has 1 amide bonds. The number of nitrogen functional groups attached to an aromatic ring is 1. The van der Waals surface area contributed by atoms with Crippen molar-refractivity contribution in [3.63, 3.8) is 0 Å². The van der Waals surface area contributed by atoms with Gasteiger partial charge in [0.1, 0.15) is 24.1 Å². The minimum absolute atomic E-state index is 0.0537. The van der Waals surface area contributed by atoms with E-state index in [0.717, 1.165) is 4.57 Å². The van der Waals surface area contributed by atoms with Crippen LogP contribution in [0.25, 0.3) is 0 Å². The molecule has 0 aromatic carbocycles. The van der Waals surface area contributed by atoms with E-state index in [9.17, 15) is 19.8 Å². The van der Waals surface area contributed by atoms with Gasteiger partial charge in [-0.2, -0.15) is 4.98 Å². The molecule has 0 saturated carbocycles. The number of rotatable bonds is 7. The van der Waals surface area contributed by atoms with Crippen LogP contribution >= 0.6 is 17.1 Å². The summed E-state index contributed by atoms with van der Waals surface area (Å²) in [7, 11) is 4.55. The summed E-state index contributed by atoms with van der Waals surface area (Å²) in [4.78, 5) is 25.8. The Labute approximate surface area is 176 Å². The second kappa shape index (κ2) is 11.9. The number of amides is 1. The van der Waals surface area contributed by atoms with Crippen LogP contribution in [-0.4, -0.2) is 82.7 Å².